The van der Waals surface area contributed by atoms with Crippen LogP contribution < -0.4 is 5.32 Å². The molecular formula is C17H16F3N5. The highest BCUT2D eigenvalue weighted by Gasteiger charge is 2.32. The van der Waals surface area contributed by atoms with E-state index in [9.17, 15) is 13.2 Å². The average Bonchev–Trinajstić information content (AvgIpc) is 3.03. The molecule has 2 heterocycles. The molecule has 3 aromatic rings. The van der Waals surface area contributed by atoms with Crippen LogP contribution in [0, 0.1) is 0 Å². The summed E-state index contributed by atoms with van der Waals surface area (Å²) in [5.41, 5.74) is 0.166. The molecule has 0 aliphatic carbocycles. The highest BCUT2D eigenvalue weighted by molar-refractivity contribution is 5.33. The van der Waals surface area contributed by atoms with Gasteiger partial charge in [-0.05, 0) is 17.7 Å². The lowest BCUT2D eigenvalue weighted by Gasteiger charge is -2.09. The number of alkyl halides is 3. The molecule has 0 atom stereocenters. The van der Waals surface area contributed by atoms with Crippen LogP contribution in [-0.4, -0.2) is 26.3 Å². The summed E-state index contributed by atoms with van der Waals surface area (Å²) in [5.74, 6) is 1.19. The minimum Gasteiger partial charge on any atom is -0.368 e. The summed E-state index contributed by atoms with van der Waals surface area (Å²) >= 11 is 0. The molecule has 8 heteroatoms. The fourth-order valence-corrected chi connectivity index (χ4v) is 2.37. The number of halogens is 3. The van der Waals surface area contributed by atoms with Crippen molar-refractivity contribution < 1.29 is 13.2 Å². The first-order chi connectivity index (χ1) is 12.0. The normalized spacial score (nSPS) is 11.5. The summed E-state index contributed by atoms with van der Waals surface area (Å²) < 4.78 is 39.4. The maximum atomic E-state index is 12.4. The molecule has 0 saturated heterocycles. The van der Waals surface area contributed by atoms with E-state index < -0.39 is 11.9 Å². The molecule has 1 N–H and O–H groups in total. The maximum absolute atomic E-state index is 12.4. The van der Waals surface area contributed by atoms with E-state index in [0.29, 0.717) is 18.8 Å². The van der Waals surface area contributed by atoms with Crippen LogP contribution in [0.25, 0.3) is 0 Å². The number of aromatic nitrogens is 4. The lowest BCUT2D eigenvalue weighted by atomic mass is 10.2. The average molecular weight is 347 g/mol. The Bertz CT molecular complexity index is 797. The minimum atomic E-state index is -4.48. The van der Waals surface area contributed by atoms with Crippen molar-refractivity contribution in [3.05, 3.63) is 71.9 Å². The molecular weight excluding hydrogens is 331 g/mol. The lowest BCUT2D eigenvalue weighted by molar-refractivity contribution is -0.141. The highest BCUT2D eigenvalue weighted by Crippen LogP contribution is 2.27. The van der Waals surface area contributed by atoms with E-state index in [2.05, 4.69) is 20.5 Å². The molecule has 0 radical (unpaired) electrons. The van der Waals surface area contributed by atoms with Gasteiger partial charge in [0.05, 0.1) is 0 Å². The predicted molar refractivity (Wildman–Crippen MR) is 87.0 cm³/mol. The van der Waals surface area contributed by atoms with Gasteiger partial charge in [-0.15, -0.1) is 10.2 Å². The minimum absolute atomic E-state index is 0.300. The largest absolute Gasteiger partial charge is 0.435 e. The Labute approximate surface area is 142 Å². The molecule has 2 aromatic heterocycles. The lowest BCUT2D eigenvalue weighted by Crippen LogP contribution is -2.13. The van der Waals surface area contributed by atoms with Gasteiger partial charge in [0.2, 0.25) is 0 Å². The van der Waals surface area contributed by atoms with E-state index >= 15 is 0 Å². The summed E-state index contributed by atoms with van der Waals surface area (Å²) in [6, 6.07) is 12.2. The zero-order chi connectivity index (χ0) is 17.7. The van der Waals surface area contributed by atoms with Gasteiger partial charge in [-0.25, -0.2) is 4.98 Å². The van der Waals surface area contributed by atoms with E-state index in [4.69, 9.17) is 0 Å². The summed E-state index contributed by atoms with van der Waals surface area (Å²) in [6.07, 6.45) is -0.229. The number of rotatable bonds is 6. The molecule has 1 aromatic carbocycles. The standard InChI is InChI=1S/C17H16F3N5/c18-17(19,20)14-6-7-15(24-23-14)21-9-8-16-22-10-11-25(16)12-13-4-2-1-3-5-13/h1-7,10-11H,8-9,12H2,(H,21,24). The summed E-state index contributed by atoms with van der Waals surface area (Å²) in [6.45, 7) is 1.21. The van der Waals surface area contributed by atoms with Crippen molar-refractivity contribution in [2.45, 2.75) is 19.1 Å². The Balaban J connectivity index is 1.55. The Morgan fingerprint density at radius 3 is 2.48 bits per heavy atom. The molecule has 130 valence electrons. The van der Waals surface area contributed by atoms with Crippen LogP contribution in [0.5, 0.6) is 0 Å². The quantitative estimate of drug-likeness (QED) is 0.743. The molecule has 0 saturated carbocycles. The van der Waals surface area contributed by atoms with Crippen molar-refractivity contribution in [2.75, 3.05) is 11.9 Å². The molecule has 0 bridgehead atoms. The molecule has 0 unspecified atom stereocenters. The Hall–Kier alpha value is -2.90. The van der Waals surface area contributed by atoms with E-state index in [-0.39, 0.29) is 0 Å². The number of hydrogen-bond donors (Lipinski definition) is 1. The van der Waals surface area contributed by atoms with Gasteiger partial charge in [-0.3, -0.25) is 0 Å². The van der Waals surface area contributed by atoms with Crippen LogP contribution in [-0.2, 0) is 19.1 Å². The molecule has 0 spiro atoms. The summed E-state index contributed by atoms with van der Waals surface area (Å²) in [5, 5.41) is 9.68. The first-order valence-electron chi connectivity index (χ1n) is 7.71. The third-order valence-electron chi connectivity index (χ3n) is 3.61. The number of benzene rings is 1. The zero-order valence-electron chi connectivity index (χ0n) is 13.2. The smallest absolute Gasteiger partial charge is 0.368 e. The molecule has 0 aliphatic heterocycles. The van der Waals surface area contributed by atoms with Crippen molar-refractivity contribution >= 4 is 5.82 Å². The SMILES string of the molecule is FC(F)(F)c1ccc(NCCc2nccn2Cc2ccccc2)nn1. The van der Waals surface area contributed by atoms with Gasteiger partial charge in [-0.2, -0.15) is 13.2 Å². The molecule has 0 amide bonds. The van der Waals surface area contributed by atoms with Gasteiger partial charge in [0.15, 0.2) is 5.69 Å². The van der Waals surface area contributed by atoms with Crippen molar-refractivity contribution in [1.82, 2.24) is 19.7 Å². The van der Waals surface area contributed by atoms with E-state index in [1.54, 1.807) is 6.20 Å². The second-order valence-corrected chi connectivity index (χ2v) is 5.44. The number of hydrogen-bond acceptors (Lipinski definition) is 4. The molecule has 3 rings (SSSR count). The fraction of sp³-hybridized carbons (Fsp3) is 0.235. The van der Waals surface area contributed by atoms with Crippen molar-refractivity contribution in [2.24, 2.45) is 0 Å². The molecule has 25 heavy (non-hydrogen) atoms. The van der Waals surface area contributed by atoms with Gasteiger partial charge in [0.25, 0.3) is 0 Å². The van der Waals surface area contributed by atoms with Crippen LogP contribution in [0.1, 0.15) is 17.1 Å². The topological polar surface area (TPSA) is 55.6 Å². The van der Waals surface area contributed by atoms with Crippen LogP contribution in [0.3, 0.4) is 0 Å². The summed E-state index contributed by atoms with van der Waals surface area (Å²) in [7, 11) is 0. The van der Waals surface area contributed by atoms with Gasteiger partial charge in [0, 0.05) is 31.9 Å². The second-order valence-electron chi connectivity index (χ2n) is 5.44. The summed E-state index contributed by atoms with van der Waals surface area (Å²) in [4.78, 5) is 4.33. The third kappa shape index (κ3) is 4.56. The third-order valence-corrected chi connectivity index (χ3v) is 3.61. The van der Waals surface area contributed by atoms with Crippen molar-refractivity contribution in [3.8, 4) is 0 Å². The number of nitrogens with zero attached hydrogens (tertiary/aromatic N) is 4. The van der Waals surface area contributed by atoms with Crippen LogP contribution in [0.2, 0.25) is 0 Å². The van der Waals surface area contributed by atoms with Gasteiger partial charge in [0.1, 0.15) is 11.6 Å². The second kappa shape index (κ2) is 7.33. The first kappa shape index (κ1) is 16.9. The van der Waals surface area contributed by atoms with E-state index in [1.807, 2.05) is 41.1 Å². The van der Waals surface area contributed by atoms with E-state index in [1.165, 1.54) is 11.6 Å². The molecule has 5 nitrogen and oxygen atoms in total. The Kier molecular flexibility index (Phi) is 4.97. The highest BCUT2D eigenvalue weighted by atomic mass is 19.4. The number of imidazole rings is 1. The van der Waals surface area contributed by atoms with Crippen LogP contribution >= 0.6 is 0 Å². The van der Waals surface area contributed by atoms with Gasteiger partial charge >= 0.3 is 6.18 Å². The van der Waals surface area contributed by atoms with Crippen LogP contribution in [0.15, 0.2) is 54.9 Å². The Morgan fingerprint density at radius 2 is 1.80 bits per heavy atom. The fourth-order valence-electron chi connectivity index (χ4n) is 2.37. The molecule has 0 aliphatic rings. The Morgan fingerprint density at radius 1 is 1.00 bits per heavy atom. The van der Waals surface area contributed by atoms with Crippen LogP contribution in [0.4, 0.5) is 19.0 Å². The van der Waals surface area contributed by atoms with Crippen molar-refractivity contribution in [3.63, 3.8) is 0 Å². The number of anilines is 1. The zero-order valence-corrected chi connectivity index (χ0v) is 13.2. The number of nitrogens with one attached hydrogen (secondary N) is 1. The van der Waals surface area contributed by atoms with E-state index in [0.717, 1.165) is 18.4 Å². The monoisotopic (exact) mass is 347 g/mol. The first-order valence-corrected chi connectivity index (χ1v) is 7.71. The van der Waals surface area contributed by atoms with Gasteiger partial charge < -0.3 is 9.88 Å². The maximum Gasteiger partial charge on any atom is 0.435 e. The molecule has 0 fully saturated rings. The van der Waals surface area contributed by atoms with Gasteiger partial charge in [-0.1, -0.05) is 30.3 Å². The predicted octanol–water partition coefficient (Wildman–Crippen LogP) is 3.39. The van der Waals surface area contributed by atoms with Crippen molar-refractivity contribution in [1.29, 1.82) is 0 Å².